The van der Waals surface area contributed by atoms with Crippen LogP contribution in [0.4, 0.5) is 5.69 Å². The summed E-state index contributed by atoms with van der Waals surface area (Å²) in [5.41, 5.74) is 1.81. The number of aromatic nitrogens is 2. The first-order chi connectivity index (χ1) is 15.3. The lowest BCUT2D eigenvalue weighted by molar-refractivity contribution is -0.115. The van der Waals surface area contributed by atoms with Crippen molar-refractivity contribution < 1.29 is 9.59 Å². The Morgan fingerprint density at radius 3 is 2.50 bits per heavy atom. The van der Waals surface area contributed by atoms with Gasteiger partial charge in [-0.15, -0.1) is 11.3 Å². The number of Topliss-reactive ketones (excluding diaryl/α,β-unsaturated/α-hetero) is 1. The molecule has 0 saturated heterocycles. The second kappa shape index (κ2) is 9.10. The number of carbonyl (C=O) groups excluding carboxylic acids is 2. The SMILES string of the molecule is CC(=O)c1ccccc1NC(=O)C(C)Sc1nc2sc(-c3ccccc3)cc2c(=O)n1C. The molecule has 0 radical (unpaired) electrons. The van der Waals surface area contributed by atoms with Gasteiger partial charge in [0.15, 0.2) is 10.9 Å². The minimum Gasteiger partial charge on any atom is -0.324 e. The fourth-order valence-corrected chi connectivity index (χ4v) is 5.19. The average Bonchev–Trinajstić information content (AvgIpc) is 3.22. The van der Waals surface area contributed by atoms with Gasteiger partial charge in [-0.25, -0.2) is 4.98 Å². The van der Waals surface area contributed by atoms with Crippen LogP contribution in [-0.2, 0) is 11.8 Å². The zero-order chi connectivity index (χ0) is 22.8. The van der Waals surface area contributed by atoms with Crippen molar-refractivity contribution in [3.05, 3.63) is 76.6 Å². The van der Waals surface area contributed by atoms with Crippen LogP contribution in [0, 0.1) is 0 Å². The van der Waals surface area contributed by atoms with Crippen molar-refractivity contribution in [1.82, 2.24) is 9.55 Å². The van der Waals surface area contributed by atoms with E-state index in [-0.39, 0.29) is 17.2 Å². The first-order valence-corrected chi connectivity index (χ1v) is 11.7. The lowest BCUT2D eigenvalue weighted by atomic mass is 10.1. The highest BCUT2D eigenvalue weighted by Gasteiger charge is 2.21. The Kier molecular flexibility index (Phi) is 6.25. The lowest BCUT2D eigenvalue weighted by Crippen LogP contribution is -2.26. The van der Waals surface area contributed by atoms with Gasteiger partial charge in [-0.3, -0.25) is 19.0 Å². The molecule has 6 nitrogen and oxygen atoms in total. The van der Waals surface area contributed by atoms with E-state index in [1.165, 1.54) is 34.6 Å². The first-order valence-electron chi connectivity index (χ1n) is 9.98. The number of hydrogen-bond acceptors (Lipinski definition) is 6. The number of para-hydroxylation sites is 1. The standard InChI is InChI=1S/C24H21N3O3S2/c1-14(28)17-11-7-8-12-19(17)25-21(29)15(2)31-24-26-22-18(23(30)27(24)3)13-20(32-22)16-9-5-4-6-10-16/h4-13,15H,1-3H3,(H,25,29). The Morgan fingerprint density at radius 2 is 1.78 bits per heavy atom. The third kappa shape index (κ3) is 4.37. The van der Waals surface area contributed by atoms with Gasteiger partial charge < -0.3 is 5.32 Å². The molecule has 4 rings (SSSR count). The van der Waals surface area contributed by atoms with Crippen LogP contribution in [0.25, 0.3) is 20.7 Å². The number of ketones is 1. The van der Waals surface area contributed by atoms with Crippen molar-refractivity contribution in [2.24, 2.45) is 7.05 Å². The summed E-state index contributed by atoms with van der Waals surface area (Å²) in [6, 6.07) is 18.6. The normalized spacial score (nSPS) is 12.0. The lowest BCUT2D eigenvalue weighted by Gasteiger charge is -2.14. The molecule has 1 unspecified atom stereocenters. The highest BCUT2D eigenvalue weighted by atomic mass is 32.2. The molecule has 0 bridgehead atoms. The topological polar surface area (TPSA) is 81.1 Å². The van der Waals surface area contributed by atoms with Crippen LogP contribution in [0.5, 0.6) is 0 Å². The van der Waals surface area contributed by atoms with Gasteiger partial charge >= 0.3 is 0 Å². The molecule has 32 heavy (non-hydrogen) atoms. The zero-order valence-corrected chi connectivity index (χ0v) is 19.4. The molecule has 0 aliphatic rings. The molecule has 0 fully saturated rings. The summed E-state index contributed by atoms with van der Waals surface area (Å²) in [6.07, 6.45) is 0. The highest BCUT2D eigenvalue weighted by Crippen LogP contribution is 2.32. The van der Waals surface area contributed by atoms with Gasteiger partial charge in [0.25, 0.3) is 5.56 Å². The predicted molar refractivity (Wildman–Crippen MR) is 131 cm³/mol. The number of amides is 1. The molecule has 8 heteroatoms. The minimum absolute atomic E-state index is 0.123. The van der Waals surface area contributed by atoms with Gasteiger partial charge in [0.1, 0.15) is 4.83 Å². The van der Waals surface area contributed by atoms with Gasteiger partial charge in [-0.2, -0.15) is 0 Å². The number of thioether (sulfide) groups is 1. The second-order valence-corrected chi connectivity index (χ2v) is 9.64. The summed E-state index contributed by atoms with van der Waals surface area (Å²) in [4.78, 5) is 43.8. The fourth-order valence-electron chi connectivity index (χ4n) is 3.24. The molecule has 1 atom stereocenters. The van der Waals surface area contributed by atoms with Gasteiger partial charge in [0.05, 0.1) is 16.3 Å². The third-order valence-electron chi connectivity index (χ3n) is 5.01. The van der Waals surface area contributed by atoms with Crippen molar-refractivity contribution in [1.29, 1.82) is 0 Å². The Bertz CT molecular complexity index is 1380. The molecule has 1 amide bonds. The minimum atomic E-state index is -0.529. The van der Waals surface area contributed by atoms with Crippen molar-refractivity contribution in [2.45, 2.75) is 24.3 Å². The van der Waals surface area contributed by atoms with E-state index in [9.17, 15) is 14.4 Å². The number of fused-ring (bicyclic) bond motifs is 1. The molecule has 0 spiro atoms. The molecule has 2 aromatic carbocycles. The molecule has 2 heterocycles. The van der Waals surface area contributed by atoms with Crippen molar-refractivity contribution in [3.63, 3.8) is 0 Å². The van der Waals surface area contributed by atoms with Crippen molar-refractivity contribution in [3.8, 4) is 10.4 Å². The molecule has 2 aromatic heterocycles. The van der Waals surface area contributed by atoms with Crippen LogP contribution < -0.4 is 10.9 Å². The first kappa shape index (κ1) is 22.0. The molecule has 0 aliphatic heterocycles. The summed E-state index contributed by atoms with van der Waals surface area (Å²) < 4.78 is 1.47. The summed E-state index contributed by atoms with van der Waals surface area (Å²) in [7, 11) is 1.66. The van der Waals surface area contributed by atoms with Crippen molar-refractivity contribution in [2.75, 3.05) is 5.32 Å². The number of rotatable bonds is 6. The number of thiophene rings is 1. The maximum atomic E-state index is 12.9. The molecular weight excluding hydrogens is 442 g/mol. The van der Waals surface area contributed by atoms with E-state index in [1.54, 1.807) is 38.2 Å². The summed E-state index contributed by atoms with van der Waals surface area (Å²) in [5, 5.41) is 3.31. The van der Waals surface area contributed by atoms with Crippen LogP contribution in [-0.4, -0.2) is 26.5 Å². The van der Waals surface area contributed by atoms with E-state index < -0.39 is 5.25 Å². The van der Waals surface area contributed by atoms with Crippen molar-refractivity contribution >= 4 is 50.7 Å². The van der Waals surface area contributed by atoms with E-state index in [1.807, 2.05) is 36.4 Å². The molecular formula is C24H21N3O3S2. The zero-order valence-electron chi connectivity index (χ0n) is 17.8. The number of benzene rings is 2. The van der Waals surface area contributed by atoms with Crippen LogP contribution >= 0.6 is 23.1 Å². The Labute approximate surface area is 193 Å². The number of anilines is 1. The van der Waals surface area contributed by atoms with E-state index >= 15 is 0 Å². The number of carbonyl (C=O) groups is 2. The Balaban J connectivity index is 1.60. The second-order valence-electron chi connectivity index (χ2n) is 7.31. The summed E-state index contributed by atoms with van der Waals surface area (Å²) in [5.74, 6) is -0.392. The van der Waals surface area contributed by atoms with Crippen LogP contribution in [0.2, 0.25) is 0 Å². The van der Waals surface area contributed by atoms with Gasteiger partial charge in [0, 0.05) is 17.5 Å². The highest BCUT2D eigenvalue weighted by molar-refractivity contribution is 8.00. The molecule has 4 aromatic rings. The fraction of sp³-hybridized carbons (Fsp3) is 0.167. The number of hydrogen-bond donors (Lipinski definition) is 1. The molecule has 162 valence electrons. The quantitative estimate of drug-likeness (QED) is 0.248. The van der Waals surface area contributed by atoms with E-state index in [0.29, 0.717) is 26.6 Å². The number of nitrogens with one attached hydrogen (secondary N) is 1. The van der Waals surface area contributed by atoms with E-state index in [0.717, 1.165) is 10.4 Å². The third-order valence-corrected chi connectivity index (χ3v) is 7.23. The molecule has 1 N–H and O–H groups in total. The maximum Gasteiger partial charge on any atom is 0.262 e. The maximum absolute atomic E-state index is 12.9. The smallest absolute Gasteiger partial charge is 0.262 e. The summed E-state index contributed by atoms with van der Waals surface area (Å²) in [6.45, 7) is 3.21. The Hall–Kier alpha value is -3.23. The van der Waals surface area contributed by atoms with Gasteiger partial charge in [-0.1, -0.05) is 54.2 Å². The van der Waals surface area contributed by atoms with Crippen LogP contribution in [0.1, 0.15) is 24.2 Å². The van der Waals surface area contributed by atoms with Gasteiger partial charge in [-0.05, 0) is 37.6 Å². The summed E-state index contributed by atoms with van der Waals surface area (Å²) >= 11 is 2.66. The van der Waals surface area contributed by atoms with Gasteiger partial charge in [0.2, 0.25) is 5.91 Å². The van der Waals surface area contributed by atoms with E-state index in [2.05, 4.69) is 10.3 Å². The van der Waals surface area contributed by atoms with E-state index in [4.69, 9.17) is 0 Å². The molecule has 0 saturated carbocycles. The average molecular weight is 464 g/mol. The van der Waals surface area contributed by atoms with Crippen LogP contribution in [0.15, 0.2) is 70.6 Å². The molecule has 0 aliphatic carbocycles. The monoisotopic (exact) mass is 463 g/mol. The Morgan fingerprint density at radius 1 is 1.09 bits per heavy atom. The predicted octanol–water partition coefficient (Wildman–Crippen LogP) is 4.98. The number of nitrogens with zero attached hydrogens (tertiary/aromatic N) is 2. The van der Waals surface area contributed by atoms with Crippen LogP contribution in [0.3, 0.4) is 0 Å². The largest absolute Gasteiger partial charge is 0.324 e.